The Hall–Kier alpha value is -3.28. The minimum Gasteiger partial charge on any atom is -0.490 e. The summed E-state index contributed by atoms with van der Waals surface area (Å²) < 4.78 is 17.6. The van der Waals surface area contributed by atoms with E-state index in [4.69, 9.17) is 13.9 Å². The number of carbonyl (C=O) groups excluding carboxylic acids is 1. The Balaban J connectivity index is 1.89. The first-order chi connectivity index (χ1) is 15.1. The molecular formula is C25H27NO5. The predicted octanol–water partition coefficient (Wildman–Crippen LogP) is 4.94. The van der Waals surface area contributed by atoms with Crippen molar-refractivity contribution < 1.29 is 18.7 Å². The summed E-state index contributed by atoms with van der Waals surface area (Å²) in [6.45, 7) is 7.55. The van der Waals surface area contributed by atoms with Crippen molar-refractivity contribution in [2.75, 3.05) is 19.8 Å². The first-order valence-electron chi connectivity index (χ1n) is 10.9. The predicted molar refractivity (Wildman–Crippen MR) is 119 cm³/mol. The van der Waals surface area contributed by atoms with Gasteiger partial charge in [0.1, 0.15) is 5.58 Å². The molecule has 6 heteroatoms. The van der Waals surface area contributed by atoms with Crippen LogP contribution in [0.25, 0.3) is 11.0 Å². The van der Waals surface area contributed by atoms with Crippen LogP contribution in [-0.2, 0) is 0 Å². The maximum absolute atomic E-state index is 13.4. The van der Waals surface area contributed by atoms with E-state index in [0.29, 0.717) is 47.8 Å². The summed E-state index contributed by atoms with van der Waals surface area (Å²) in [5.74, 6) is 1.14. The first kappa shape index (κ1) is 21.0. The van der Waals surface area contributed by atoms with Crippen molar-refractivity contribution in [3.63, 3.8) is 0 Å². The zero-order valence-corrected chi connectivity index (χ0v) is 18.1. The standard InChI is InChI=1S/C25H27NO5/c1-4-13-26-22(16-11-12-19(30-14-5-2)20(15-16)29-6-3)21-23(27)17-9-7-8-10-18(17)31-24(21)25(26)28/h7-12,15,22H,4-6,13-14H2,1-3H3. The summed E-state index contributed by atoms with van der Waals surface area (Å²) in [5, 5.41) is 0.477. The van der Waals surface area contributed by atoms with Crippen molar-refractivity contribution in [1.29, 1.82) is 0 Å². The highest BCUT2D eigenvalue weighted by Gasteiger charge is 2.42. The molecule has 1 aliphatic rings. The summed E-state index contributed by atoms with van der Waals surface area (Å²) in [7, 11) is 0. The second-order valence-electron chi connectivity index (χ2n) is 7.56. The fourth-order valence-electron chi connectivity index (χ4n) is 4.08. The second-order valence-corrected chi connectivity index (χ2v) is 7.56. The van der Waals surface area contributed by atoms with Crippen molar-refractivity contribution in [1.82, 2.24) is 4.90 Å². The Labute approximate surface area is 181 Å². The number of para-hydroxylation sites is 1. The van der Waals surface area contributed by atoms with E-state index in [2.05, 4.69) is 0 Å². The van der Waals surface area contributed by atoms with Crippen molar-refractivity contribution in [2.24, 2.45) is 0 Å². The molecule has 0 N–H and O–H groups in total. The summed E-state index contributed by atoms with van der Waals surface area (Å²) >= 11 is 0. The molecule has 2 heterocycles. The molecule has 6 nitrogen and oxygen atoms in total. The number of amides is 1. The number of rotatable bonds is 8. The van der Waals surface area contributed by atoms with Gasteiger partial charge in [0, 0.05) is 6.54 Å². The Morgan fingerprint density at radius 3 is 2.52 bits per heavy atom. The molecule has 1 atom stereocenters. The molecule has 2 aromatic carbocycles. The Bertz CT molecular complexity index is 1170. The van der Waals surface area contributed by atoms with Crippen LogP contribution in [0.15, 0.2) is 51.7 Å². The van der Waals surface area contributed by atoms with Crippen LogP contribution in [0.2, 0.25) is 0 Å². The molecule has 0 aliphatic carbocycles. The van der Waals surface area contributed by atoms with Gasteiger partial charge in [0.2, 0.25) is 5.76 Å². The third kappa shape index (κ3) is 3.67. The molecule has 0 fully saturated rings. The van der Waals surface area contributed by atoms with E-state index in [-0.39, 0.29) is 17.1 Å². The molecule has 3 aromatic rings. The van der Waals surface area contributed by atoms with Crippen LogP contribution in [-0.4, -0.2) is 30.6 Å². The molecule has 0 spiro atoms. The summed E-state index contributed by atoms with van der Waals surface area (Å²) in [6, 6.07) is 12.1. The highest BCUT2D eigenvalue weighted by molar-refractivity contribution is 5.99. The molecule has 1 unspecified atom stereocenters. The van der Waals surface area contributed by atoms with Gasteiger partial charge < -0.3 is 18.8 Å². The average molecular weight is 421 g/mol. The SMILES string of the molecule is CCCOc1ccc(C2c3c(oc4ccccc4c3=O)C(=O)N2CCC)cc1OCC. The molecule has 0 bridgehead atoms. The van der Waals surface area contributed by atoms with Gasteiger partial charge in [-0.25, -0.2) is 0 Å². The third-order valence-corrected chi connectivity index (χ3v) is 5.38. The molecule has 4 rings (SSSR count). The summed E-state index contributed by atoms with van der Waals surface area (Å²) in [4.78, 5) is 28.4. The molecule has 0 saturated heterocycles. The van der Waals surface area contributed by atoms with Gasteiger partial charge in [-0.05, 0) is 49.6 Å². The Morgan fingerprint density at radius 1 is 0.968 bits per heavy atom. The van der Waals surface area contributed by atoms with E-state index in [9.17, 15) is 9.59 Å². The Morgan fingerprint density at radius 2 is 1.77 bits per heavy atom. The van der Waals surface area contributed by atoms with Crippen LogP contribution in [0.4, 0.5) is 0 Å². The maximum atomic E-state index is 13.4. The monoisotopic (exact) mass is 421 g/mol. The third-order valence-electron chi connectivity index (χ3n) is 5.38. The smallest absolute Gasteiger partial charge is 0.290 e. The molecule has 31 heavy (non-hydrogen) atoms. The minimum absolute atomic E-state index is 0.131. The lowest BCUT2D eigenvalue weighted by atomic mass is 9.98. The van der Waals surface area contributed by atoms with Crippen molar-refractivity contribution in [3.8, 4) is 11.5 Å². The van der Waals surface area contributed by atoms with Crippen LogP contribution in [0.3, 0.4) is 0 Å². The number of ether oxygens (including phenoxy) is 2. The van der Waals surface area contributed by atoms with Gasteiger partial charge in [-0.1, -0.05) is 32.0 Å². The van der Waals surface area contributed by atoms with Gasteiger partial charge >= 0.3 is 0 Å². The zero-order chi connectivity index (χ0) is 22.0. The lowest BCUT2D eigenvalue weighted by Gasteiger charge is -2.25. The fraction of sp³-hybridized carbons (Fsp3) is 0.360. The van der Waals surface area contributed by atoms with E-state index < -0.39 is 6.04 Å². The van der Waals surface area contributed by atoms with Gasteiger partial charge in [0.15, 0.2) is 16.9 Å². The average Bonchev–Trinajstić information content (AvgIpc) is 3.05. The topological polar surface area (TPSA) is 69.0 Å². The van der Waals surface area contributed by atoms with E-state index in [0.717, 1.165) is 18.4 Å². The number of hydrogen-bond acceptors (Lipinski definition) is 5. The summed E-state index contributed by atoms with van der Waals surface area (Å²) in [5.41, 5.74) is 1.45. The molecule has 1 aromatic heterocycles. The first-order valence-corrected chi connectivity index (χ1v) is 10.9. The lowest BCUT2D eigenvalue weighted by Crippen LogP contribution is -2.30. The summed E-state index contributed by atoms with van der Waals surface area (Å²) in [6.07, 6.45) is 1.65. The van der Waals surface area contributed by atoms with E-state index in [1.807, 2.05) is 39.0 Å². The number of nitrogens with zero attached hydrogens (tertiary/aromatic N) is 1. The van der Waals surface area contributed by atoms with Crippen molar-refractivity contribution >= 4 is 16.9 Å². The quantitative estimate of drug-likeness (QED) is 0.516. The zero-order valence-electron chi connectivity index (χ0n) is 18.1. The number of carbonyl (C=O) groups is 1. The van der Waals surface area contributed by atoms with Crippen LogP contribution < -0.4 is 14.9 Å². The van der Waals surface area contributed by atoms with E-state index >= 15 is 0 Å². The number of benzene rings is 2. The van der Waals surface area contributed by atoms with Gasteiger partial charge in [0.25, 0.3) is 5.91 Å². The Kier molecular flexibility index (Phi) is 5.98. The van der Waals surface area contributed by atoms with Gasteiger partial charge in [0.05, 0.1) is 30.2 Å². The van der Waals surface area contributed by atoms with Crippen molar-refractivity contribution in [2.45, 2.75) is 39.7 Å². The van der Waals surface area contributed by atoms with Crippen LogP contribution in [0.5, 0.6) is 11.5 Å². The molecule has 1 aliphatic heterocycles. The number of fused-ring (bicyclic) bond motifs is 2. The number of hydrogen-bond donors (Lipinski definition) is 0. The second kappa shape index (κ2) is 8.84. The van der Waals surface area contributed by atoms with Gasteiger partial charge in [-0.2, -0.15) is 0 Å². The lowest BCUT2D eigenvalue weighted by molar-refractivity contribution is 0.0728. The van der Waals surface area contributed by atoms with Crippen molar-refractivity contribution in [3.05, 3.63) is 69.6 Å². The highest BCUT2D eigenvalue weighted by atomic mass is 16.5. The highest BCUT2D eigenvalue weighted by Crippen LogP contribution is 2.41. The van der Waals surface area contributed by atoms with Crippen LogP contribution >= 0.6 is 0 Å². The fourth-order valence-corrected chi connectivity index (χ4v) is 4.08. The minimum atomic E-state index is -0.525. The van der Waals surface area contributed by atoms with Crippen LogP contribution in [0.1, 0.15) is 61.3 Å². The largest absolute Gasteiger partial charge is 0.490 e. The molecule has 0 radical (unpaired) electrons. The molecule has 162 valence electrons. The maximum Gasteiger partial charge on any atom is 0.290 e. The van der Waals surface area contributed by atoms with Gasteiger partial charge in [-0.15, -0.1) is 0 Å². The molecular weight excluding hydrogens is 394 g/mol. The van der Waals surface area contributed by atoms with Gasteiger partial charge in [-0.3, -0.25) is 9.59 Å². The molecule has 1 amide bonds. The van der Waals surface area contributed by atoms with Crippen LogP contribution in [0, 0.1) is 0 Å². The normalized spacial score (nSPS) is 15.4. The molecule has 0 saturated carbocycles. The van der Waals surface area contributed by atoms with E-state index in [1.54, 1.807) is 29.2 Å². The van der Waals surface area contributed by atoms with E-state index in [1.165, 1.54) is 0 Å².